The molecule has 0 fully saturated rings. The van der Waals surface area contributed by atoms with E-state index >= 15 is 0 Å². The van der Waals surface area contributed by atoms with Crippen molar-refractivity contribution in [1.82, 2.24) is 19.3 Å². The van der Waals surface area contributed by atoms with E-state index in [1.54, 1.807) is 39.6 Å². The number of nitrogens with zero attached hydrogens (tertiary/aromatic N) is 4. The Hall–Kier alpha value is -4.87. The minimum absolute atomic E-state index is 0.106. The van der Waals surface area contributed by atoms with Crippen LogP contribution in [0.3, 0.4) is 0 Å². The number of carbonyl (C=O) groups is 3. The number of primary amides is 1. The molecule has 0 spiro atoms. The molecule has 0 aliphatic rings. The Morgan fingerprint density at radius 1 is 1.08 bits per heavy atom. The lowest BCUT2D eigenvalue weighted by Gasteiger charge is -2.13. The maximum absolute atomic E-state index is 13.2. The van der Waals surface area contributed by atoms with Crippen LogP contribution >= 0.6 is 0 Å². The first-order valence-corrected chi connectivity index (χ1v) is 12.0. The number of carbonyl (C=O) groups excluding carboxylic acids is 3. The summed E-state index contributed by atoms with van der Waals surface area (Å²) >= 11 is 0. The molecule has 12 heteroatoms. The summed E-state index contributed by atoms with van der Waals surface area (Å²) in [6.45, 7) is 4.65. The highest BCUT2D eigenvalue weighted by molar-refractivity contribution is 6.04. The van der Waals surface area contributed by atoms with Gasteiger partial charge in [-0.25, -0.2) is 9.78 Å². The van der Waals surface area contributed by atoms with Gasteiger partial charge in [0, 0.05) is 24.3 Å². The van der Waals surface area contributed by atoms with Crippen LogP contribution in [-0.2, 0) is 17.8 Å². The molecule has 0 atom stereocenters. The van der Waals surface area contributed by atoms with Crippen molar-refractivity contribution >= 4 is 40.6 Å². The summed E-state index contributed by atoms with van der Waals surface area (Å²) in [7, 11) is 1.47. The van der Waals surface area contributed by atoms with Crippen molar-refractivity contribution in [3.63, 3.8) is 0 Å². The van der Waals surface area contributed by atoms with Crippen LogP contribution in [0.5, 0.6) is 5.75 Å². The number of fused-ring (bicyclic) bond motifs is 1. The minimum atomic E-state index is -0.634. The lowest BCUT2D eigenvalue weighted by Crippen LogP contribution is -2.20. The van der Waals surface area contributed by atoms with Crippen molar-refractivity contribution in [1.29, 1.82) is 0 Å². The molecule has 0 bridgehead atoms. The third-order valence-corrected chi connectivity index (χ3v) is 5.75. The second kappa shape index (κ2) is 11.5. The molecular formula is C26H29N7O5. The molecule has 4 aromatic rings. The molecule has 2 aromatic heterocycles. The average Bonchev–Trinajstić information content (AvgIpc) is 3.46. The Labute approximate surface area is 218 Å². The van der Waals surface area contributed by atoms with E-state index < -0.39 is 17.9 Å². The second-order valence-corrected chi connectivity index (χ2v) is 8.42. The SMILES string of the molecule is CCn1nc(C)cc1C(=O)Nc1nc2cc(C(N)=O)cc(OC)c2n1CCCOC(=O)Nc1ccccc1. The molecule has 0 aliphatic carbocycles. The Balaban J connectivity index is 1.58. The van der Waals surface area contributed by atoms with Crippen LogP contribution in [0.15, 0.2) is 48.5 Å². The molecule has 4 rings (SSSR count). The number of aromatic nitrogens is 4. The molecule has 0 radical (unpaired) electrons. The van der Waals surface area contributed by atoms with E-state index in [0.29, 0.717) is 53.4 Å². The number of benzene rings is 2. The summed E-state index contributed by atoms with van der Waals surface area (Å²) < 4.78 is 14.2. The topological polar surface area (TPSA) is 155 Å². The number of para-hydroxylation sites is 1. The normalized spacial score (nSPS) is 10.8. The zero-order valence-corrected chi connectivity index (χ0v) is 21.4. The summed E-state index contributed by atoms with van der Waals surface area (Å²) in [5, 5.41) is 9.83. The van der Waals surface area contributed by atoms with Gasteiger partial charge in [0.15, 0.2) is 0 Å². The highest BCUT2D eigenvalue weighted by Crippen LogP contribution is 2.31. The highest BCUT2D eigenvalue weighted by atomic mass is 16.5. The number of hydrogen-bond donors (Lipinski definition) is 3. The third-order valence-electron chi connectivity index (χ3n) is 5.75. The summed E-state index contributed by atoms with van der Waals surface area (Å²) in [5.41, 5.74) is 8.39. The smallest absolute Gasteiger partial charge is 0.411 e. The Bertz CT molecular complexity index is 1480. The van der Waals surface area contributed by atoms with E-state index in [0.717, 1.165) is 0 Å². The highest BCUT2D eigenvalue weighted by Gasteiger charge is 2.21. The predicted octanol–water partition coefficient (Wildman–Crippen LogP) is 3.56. The molecule has 0 saturated carbocycles. The van der Waals surface area contributed by atoms with Gasteiger partial charge in [-0.05, 0) is 50.6 Å². The molecule has 12 nitrogen and oxygen atoms in total. The standard InChI is InChI=1S/C26H29N7O5/c1-4-33-20(13-16(2)31-33)24(35)30-25-29-19-14-17(23(27)34)15-21(37-3)22(19)32(25)11-8-12-38-26(36)28-18-9-6-5-7-10-18/h5-7,9-10,13-15H,4,8,11-12H2,1-3H3,(H2,27,34)(H,28,36)(H,29,30,35). The fraction of sp³-hybridized carbons (Fsp3) is 0.269. The summed E-state index contributed by atoms with van der Waals surface area (Å²) in [6.07, 6.45) is -0.171. The number of imidazole rings is 1. The van der Waals surface area contributed by atoms with Gasteiger partial charge in [0.2, 0.25) is 11.9 Å². The van der Waals surface area contributed by atoms with Gasteiger partial charge in [-0.2, -0.15) is 5.10 Å². The maximum atomic E-state index is 13.2. The maximum Gasteiger partial charge on any atom is 0.411 e. The molecule has 0 saturated heterocycles. The number of nitrogens with two attached hydrogens (primary N) is 1. The largest absolute Gasteiger partial charge is 0.494 e. The number of amides is 3. The van der Waals surface area contributed by atoms with Crippen molar-refractivity contribution in [3.05, 3.63) is 65.5 Å². The van der Waals surface area contributed by atoms with Crippen molar-refractivity contribution in [2.24, 2.45) is 5.73 Å². The van der Waals surface area contributed by atoms with E-state index in [4.69, 9.17) is 15.2 Å². The first-order chi connectivity index (χ1) is 18.3. The van der Waals surface area contributed by atoms with Crippen LogP contribution in [0.1, 0.15) is 39.9 Å². The molecule has 4 N–H and O–H groups in total. The number of nitrogens with one attached hydrogen (secondary N) is 2. The lowest BCUT2D eigenvalue weighted by atomic mass is 10.1. The molecule has 0 unspecified atom stereocenters. The monoisotopic (exact) mass is 519 g/mol. The Morgan fingerprint density at radius 2 is 1.84 bits per heavy atom. The van der Waals surface area contributed by atoms with Crippen LogP contribution in [0.2, 0.25) is 0 Å². The van der Waals surface area contributed by atoms with E-state index in [1.165, 1.54) is 19.2 Å². The van der Waals surface area contributed by atoms with Crippen molar-refractivity contribution < 1.29 is 23.9 Å². The van der Waals surface area contributed by atoms with E-state index in [2.05, 4.69) is 20.7 Å². The predicted molar refractivity (Wildman–Crippen MR) is 141 cm³/mol. The lowest BCUT2D eigenvalue weighted by molar-refractivity contribution is 0.0995. The molecule has 3 amide bonds. The van der Waals surface area contributed by atoms with Gasteiger partial charge in [0.1, 0.15) is 17.0 Å². The van der Waals surface area contributed by atoms with Crippen LogP contribution < -0.4 is 21.1 Å². The van der Waals surface area contributed by atoms with Crippen LogP contribution in [0.4, 0.5) is 16.4 Å². The summed E-state index contributed by atoms with van der Waals surface area (Å²) in [5.74, 6) is -0.427. The van der Waals surface area contributed by atoms with E-state index in [-0.39, 0.29) is 18.1 Å². The van der Waals surface area contributed by atoms with Gasteiger partial charge in [-0.15, -0.1) is 0 Å². The molecule has 2 aromatic carbocycles. The number of aryl methyl sites for hydroxylation is 3. The quantitative estimate of drug-likeness (QED) is 0.271. The fourth-order valence-electron chi connectivity index (χ4n) is 4.04. The van der Waals surface area contributed by atoms with Crippen LogP contribution in [-0.4, -0.2) is 51.0 Å². The number of anilines is 2. The van der Waals surface area contributed by atoms with Gasteiger partial charge < -0.3 is 19.8 Å². The zero-order chi connectivity index (χ0) is 27.2. The van der Waals surface area contributed by atoms with Crippen LogP contribution in [0, 0.1) is 6.92 Å². The number of methoxy groups -OCH3 is 1. The Morgan fingerprint density at radius 3 is 2.53 bits per heavy atom. The number of hydrogen-bond acceptors (Lipinski definition) is 7. The molecule has 198 valence electrons. The zero-order valence-electron chi connectivity index (χ0n) is 21.4. The second-order valence-electron chi connectivity index (χ2n) is 8.42. The van der Waals surface area contributed by atoms with Gasteiger partial charge in [0.05, 0.1) is 24.9 Å². The Kier molecular flexibility index (Phi) is 7.90. The van der Waals surface area contributed by atoms with E-state index in [9.17, 15) is 14.4 Å². The first-order valence-electron chi connectivity index (χ1n) is 12.0. The van der Waals surface area contributed by atoms with Crippen molar-refractivity contribution in [3.8, 4) is 5.75 Å². The average molecular weight is 520 g/mol. The minimum Gasteiger partial charge on any atom is -0.494 e. The molecule has 2 heterocycles. The molecule has 0 aliphatic heterocycles. The van der Waals surface area contributed by atoms with Gasteiger partial charge in [-0.1, -0.05) is 18.2 Å². The van der Waals surface area contributed by atoms with Gasteiger partial charge >= 0.3 is 6.09 Å². The van der Waals surface area contributed by atoms with E-state index in [1.807, 2.05) is 19.9 Å². The fourth-order valence-corrected chi connectivity index (χ4v) is 4.04. The van der Waals surface area contributed by atoms with Gasteiger partial charge in [0.25, 0.3) is 5.91 Å². The first kappa shape index (κ1) is 26.2. The van der Waals surface area contributed by atoms with Gasteiger partial charge in [-0.3, -0.25) is 24.9 Å². The molecule has 38 heavy (non-hydrogen) atoms. The number of ether oxygens (including phenoxy) is 2. The van der Waals surface area contributed by atoms with Crippen molar-refractivity contribution in [2.75, 3.05) is 24.4 Å². The number of rotatable bonds is 10. The molecular weight excluding hydrogens is 490 g/mol. The summed E-state index contributed by atoms with van der Waals surface area (Å²) in [4.78, 5) is 41.7. The third kappa shape index (κ3) is 5.75. The van der Waals surface area contributed by atoms with Crippen molar-refractivity contribution in [2.45, 2.75) is 33.4 Å². The summed E-state index contributed by atoms with van der Waals surface area (Å²) in [6, 6.07) is 13.7. The van der Waals surface area contributed by atoms with Crippen LogP contribution in [0.25, 0.3) is 11.0 Å².